The molecule has 1 atom stereocenters. The number of hydrogen-bond donors (Lipinski definition) is 3. The smallest absolute Gasteiger partial charge is 0.414 e. The Balaban J connectivity index is 0.000000626. The number of carboxylic acid groups (broad SMARTS) is 2. The fourth-order valence-corrected chi connectivity index (χ4v) is 1.55. The molecular formula is C14H18ClNO6. The van der Waals surface area contributed by atoms with Crippen molar-refractivity contribution in [2.24, 2.45) is 5.73 Å². The van der Waals surface area contributed by atoms with Gasteiger partial charge in [0.05, 0.1) is 13.0 Å². The molecule has 0 aromatic heterocycles. The lowest BCUT2D eigenvalue weighted by Crippen LogP contribution is -2.17. The van der Waals surface area contributed by atoms with Gasteiger partial charge in [-0.3, -0.25) is 4.79 Å². The first-order chi connectivity index (χ1) is 10.2. The van der Waals surface area contributed by atoms with Gasteiger partial charge in [0.15, 0.2) is 0 Å². The Hall–Kier alpha value is -2.12. The molecule has 8 heteroatoms. The molecule has 1 aromatic rings. The first-order valence-corrected chi connectivity index (χ1v) is 6.70. The minimum Gasteiger partial charge on any atom is -0.473 e. The molecular weight excluding hydrogens is 314 g/mol. The van der Waals surface area contributed by atoms with Crippen LogP contribution in [0.3, 0.4) is 0 Å². The summed E-state index contributed by atoms with van der Waals surface area (Å²) >= 11 is 5.98. The van der Waals surface area contributed by atoms with E-state index in [2.05, 4.69) is 0 Å². The van der Waals surface area contributed by atoms with Crippen molar-refractivity contribution in [3.8, 4) is 0 Å². The minimum atomic E-state index is -1.82. The molecule has 122 valence electrons. The van der Waals surface area contributed by atoms with Crippen molar-refractivity contribution in [3.63, 3.8) is 0 Å². The van der Waals surface area contributed by atoms with E-state index >= 15 is 0 Å². The summed E-state index contributed by atoms with van der Waals surface area (Å²) in [6.07, 6.45) is 0.174. The quantitative estimate of drug-likeness (QED) is 0.566. The number of halogens is 1. The third-order valence-electron chi connectivity index (χ3n) is 2.50. The molecule has 0 aliphatic rings. The summed E-state index contributed by atoms with van der Waals surface area (Å²) < 4.78 is 4.84. The van der Waals surface area contributed by atoms with Crippen LogP contribution in [0.25, 0.3) is 0 Å². The summed E-state index contributed by atoms with van der Waals surface area (Å²) in [7, 11) is 0. The molecule has 0 spiro atoms. The number of benzene rings is 1. The number of carbonyl (C=O) groups is 3. The molecule has 0 heterocycles. The number of rotatable bonds is 4. The van der Waals surface area contributed by atoms with Crippen molar-refractivity contribution >= 4 is 29.5 Å². The van der Waals surface area contributed by atoms with Crippen molar-refractivity contribution < 1.29 is 29.3 Å². The second kappa shape index (κ2) is 9.75. The van der Waals surface area contributed by atoms with Crippen molar-refractivity contribution in [2.75, 3.05) is 6.61 Å². The third kappa shape index (κ3) is 7.61. The van der Waals surface area contributed by atoms with E-state index in [-0.39, 0.29) is 18.4 Å². The minimum absolute atomic E-state index is 0.174. The van der Waals surface area contributed by atoms with Crippen LogP contribution < -0.4 is 5.73 Å². The maximum Gasteiger partial charge on any atom is 0.414 e. The van der Waals surface area contributed by atoms with E-state index in [1.54, 1.807) is 13.0 Å². The first-order valence-electron chi connectivity index (χ1n) is 6.32. The molecule has 4 N–H and O–H groups in total. The van der Waals surface area contributed by atoms with Gasteiger partial charge in [-0.1, -0.05) is 23.7 Å². The van der Waals surface area contributed by atoms with Gasteiger partial charge in [0.25, 0.3) is 0 Å². The van der Waals surface area contributed by atoms with Gasteiger partial charge in [0, 0.05) is 11.1 Å². The molecule has 0 saturated carbocycles. The van der Waals surface area contributed by atoms with Crippen molar-refractivity contribution in [3.05, 3.63) is 34.3 Å². The third-order valence-corrected chi connectivity index (χ3v) is 2.91. The topological polar surface area (TPSA) is 127 Å². The van der Waals surface area contributed by atoms with Crippen molar-refractivity contribution in [1.82, 2.24) is 0 Å². The van der Waals surface area contributed by atoms with Gasteiger partial charge in [-0.15, -0.1) is 0 Å². The standard InChI is InChI=1S/C12H16ClNO2.C2H2O4/c1-3-16-12(15)7-11(14)9-5-4-8(2)10(13)6-9;3-1(4)2(5)6/h4-6,11H,3,7,14H2,1-2H3;(H,3,4)(H,5,6). The van der Waals surface area contributed by atoms with Crippen LogP contribution in [-0.2, 0) is 19.1 Å². The monoisotopic (exact) mass is 331 g/mol. The highest BCUT2D eigenvalue weighted by atomic mass is 35.5. The molecule has 1 rings (SSSR count). The lowest BCUT2D eigenvalue weighted by atomic mass is 10.0. The summed E-state index contributed by atoms with van der Waals surface area (Å²) in [5.41, 5.74) is 7.73. The predicted octanol–water partition coefficient (Wildman–Crippen LogP) is 1.76. The molecule has 0 bridgehead atoms. The maximum atomic E-state index is 11.2. The highest BCUT2D eigenvalue weighted by molar-refractivity contribution is 6.31. The van der Waals surface area contributed by atoms with Crippen molar-refractivity contribution in [1.29, 1.82) is 0 Å². The molecule has 0 fully saturated rings. The molecule has 22 heavy (non-hydrogen) atoms. The van der Waals surface area contributed by atoms with Crippen molar-refractivity contribution in [2.45, 2.75) is 26.3 Å². The van der Waals surface area contributed by atoms with Gasteiger partial charge < -0.3 is 20.7 Å². The first kappa shape index (κ1) is 19.9. The van der Waals surface area contributed by atoms with Crippen LogP contribution in [0.15, 0.2) is 18.2 Å². The van der Waals surface area contributed by atoms with E-state index < -0.39 is 11.9 Å². The molecule has 0 aliphatic carbocycles. The molecule has 7 nitrogen and oxygen atoms in total. The van der Waals surface area contributed by atoms with Crippen LogP contribution in [0.1, 0.15) is 30.5 Å². The number of ether oxygens (including phenoxy) is 1. The van der Waals surface area contributed by atoms with Crippen LogP contribution in [0.2, 0.25) is 5.02 Å². The van der Waals surface area contributed by atoms with Gasteiger partial charge in [-0.2, -0.15) is 0 Å². The zero-order valence-electron chi connectivity index (χ0n) is 12.2. The Morgan fingerprint density at radius 1 is 1.27 bits per heavy atom. The molecule has 0 saturated heterocycles. The number of carbonyl (C=O) groups excluding carboxylic acids is 1. The molecule has 1 aromatic carbocycles. The Morgan fingerprint density at radius 3 is 2.23 bits per heavy atom. The summed E-state index contributed by atoms with van der Waals surface area (Å²) in [5, 5.41) is 15.4. The zero-order chi connectivity index (χ0) is 17.3. The Labute approximate surface area is 132 Å². The zero-order valence-corrected chi connectivity index (χ0v) is 13.0. The second-order valence-electron chi connectivity index (χ2n) is 4.23. The number of esters is 1. The molecule has 0 radical (unpaired) electrons. The van der Waals surface area contributed by atoms with E-state index in [0.29, 0.717) is 11.6 Å². The van der Waals surface area contributed by atoms with E-state index in [1.165, 1.54) is 0 Å². The number of carboxylic acids is 2. The van der Waals surface area contributed by atoms with Crippen LogP contribution >= 0.6 is 11.6 Å². The predicted molar refractivity (Wildman–Crippen MR) is 79.6 cm³/mol. The van der Waals surface area contributed by atoms with E-state index in [4.69, 9.17) is 41.9 Å². The highest BCUT2D eigenvalue weighted by Gasteiger charge is 2.13. The fraction of sp³-hybridized carbons (Fsp3) is 0.357. The van der Waals surface area contributed by atoms with Gasteiger partial charge in [0.2, 0.25) is 0 Å². The highest BCUT2D eigenvalue weighted by Crippen LogP contribution is 2.22. The summed E-state index contributed by atoms with van der Waals surface area (Å²) in [6.45, 7) is 4.06. The normalized spacial score (nSPS) is 10.9. The summed E-state index contributed by atoms with van der Waals surface area (Å²) in [4.78, 5) is 29.4. The fourth-order valence-electron chi connectivity index (χ4n) is 1.36. The average molecular weight is 332 g/mol. The van der Waals surface area contributed by atoms with Gasteiger partial charge in [-0.05, 0) is 31.0 Å². The summed E-state index contributed by atoms with van der Waals surface area (Å²) in [5.74, 6) is -3.93. The Morgan fingerprint density at radius 2 is 1.82 bits per heavy atom. The van der Waals surface area contributed by atoms with Gasteiger partial charge >= 0.3 is 17.9 Å². The lowest BCUT2D eigenvalue weighted by molar-refractivity contribution is -0.159. The number of aliphatic carboxylic acids is 2. The lowest BCUT2D eigenvalue weighted by Gasteiger charge is -2.12. The van der Waals surface area contributed by atoms with E-state index in [1.807, 2.05) is 19.1 Å². The average Bonchev–Trinajstić information content (AvgIpc) is 2.42. The van der Waals surface area contributed by atoms with E-state index in [0.717, 1.165) is 11.1 Å². The van der Waals surface area contributed by atoms with E-state index in [9.17, 15) is 4.79 Å². The van der Waals surface area contributed by atoms with Gasteiger partial charge in [0.1, 0.15) is 0 Å². The molecule has 1 unspecified atom stereocenters. The van der Waals surface area contributed by atoms with Crippen LogP contribution in [0.4, 0.5) is 0 Å². The molecule has 0 aliphatic heterocycles. The summed E-state index contributed by atoms with van der Waals surface area (Å²) in [6, 6.07) is 5.20. The molecule has 0 amide bonds. The maximum absolute atomic E-state index is 11.2. The van der Waals surface area contributed by atoms with Crippen LogP contribution in [-0.4, -0.2) is 34.7 Å². The van der Waals surface area contributed by atoms with Crippen LogP contribution in [0, 0.1) is 6.92 Å². The Bertz CT molecular complexity index is 534. The number of nitrogens with two attached hydrogens (primary N) is 1. The number of aryl methyl sites for hydroxylation is 1. The van der Waals surface area contributed by atoms with Crippen LogP contribution in [0.5, 0.6) is 0 Å². The second-order valence-corrected chi connectivity index (χ2v) is 4.64. The largest absolute Gasteiger partial charge is 0.473 e. The van der Waals surface area contributed by atoms with Gasteiger partial charge in [-0.25, -0.2) is 9.59 Å². The SMILES string of the molecule is CCOC(=O)CC(N)c1ccc(C)c(Cl)c1.O=C(O)C(=O)O. The Kier molecular flexibility index (Phi) is 8.81. The number of hydrogen-bond acceptors (Lipinski definition) is 5.